The van der Waals surface area contributed by atoms with Crippen LogP contribution in [0.3, 0.4) is 0 Å². The monoisotopic (exact) mass is 295 g/mol. The number of ether oxygens (including phenoxy) is 1. The van der Waals surface area contributed by atoms with Crippen molar-refractivity contribution in [2.24, 2.45) is 0 Å². The maximum atomic E-state index is 11.9. The molecule has 1 aromatic carbocycles. The third kappa shape index (κ3) is 3.18. The van der Waals surface area contributed by atoms with Gasteiger partial charge in [0, 0.05) is 18.1 Å². The molecule has 1 aromatic heterocycles. The lowest BCUT2D eigenvalue weighted by atomic mass is 10.2. The Morgan fingerprint density at radius 2 is 1.85 bits per heavy atom. The van der Waals surface area contributed by atoms with E-state index in [1.165, 1.54) is 13.2 Å². The zero-order valence-electron chi connectivity index (χ0n) is 10.9. The van der Waals surface area contributed by atoms with Crippen LogP contribution in [0.4, 0.5) is 0 Å². The maximum absolute atomic E-state index is 11.9. The Balaban J connectivity index is 2.44. The highest BCUT2D eigenvalue weighted by Gasteiger charge is 2.19. The quantitative estimate of drug-likeness (QED) is 0.801. The van der Waals surface area contributed by atoms with Crippen LogP contribution in [-0.2, 0) is 14.3 Å². The molecule has 0 aliphatic carbocycles. The van der Waals surface area contributed by atoms with Gasteiger partial charge in [-0.3, -0.25) is 0 Å². The van der Waals surface area contributed by atoms with Gasteiger partial charge in [-0.05, 0) is 30.3 Å². The van der Waals surface area contributed by atoms with Crippen LogP contribution in [0, 0.1) is 0 Å². The normalized spacial score (nSPS) is 11.1. The molecule has 20 heavy (non-hydrogen) atoms. The van der Waals surface area contributed by atoms with Crippen LogP contribution >= 0.6 is 0 Å². The highest BCUT2D eigenvalue weighted by Crippen LogP contribution is 2.23. The number of methoxy groups -OCH3 is 1. The van der Waals surface area contributed by atoms with Crippen molar-refractivity contribution < 1.29 is 22.1 Å². The molecule has 0 aliphatic heterocycles. The molecule has 0 radical (unpaired) electrons. The second-order valence-electron chi connectivity index (χ2n) is 4.05. The van der Waals surface area contributed by atoms with Gasteiger partial charge in [0.05, 0.1) is 13.4 Å². The van der Waals surface area contributed by atoms with E-state index in [-0.39, 0.29) is 11.3 Å². The van der Waals surface area contributed by atoms with E-state index in [1.54, 1.807) is 29.1 Å². The van der Waals surface area contributed by atoms with Crippen LogP contribution < -0.4 is 4.74 Å². The van der Waals surface area contributed by atoms with Crippen molar-refractivity contribution in [2.75, 3.05) is 13.4 Å². The second kappa shape index (κ2) is 5.38. The summed E-state index contributed by atoms with van der Waals surface area (Å²) >= 11 is 0. The van der Waals surface area contributed by atoms with Crippen LogP contribution in [0.5, 0.6) is 5.75 Å². The van der Waals surface area contributed by atoms with Gasteiger partial charge in [0.25, 0.3) is 0 Å². The first kappa shape index (κ1) is 14.1. The van der Waals surface area contributed by atoms with Crippen molar-refractivity contribution in [1.82, 2.24) is 4.57 Å². The van der Waals surface area contributed by atoms with Gasteiger partial charge < -0.3 is 13.5 Å². The minimum absolute atomic E-state index is 0.0455. The third-order valence-electron chi connectivity index (χ3n) is 2.53. The summed E-state index contributed by atoms with van der Waals surface area (Å²) in [5.41, 5.74) is 0.736. The van der Waals surface area contributed by atoms with Gasteiger partial charge in [0.2, 0.25) is 0 Å². The van der Waals surface area contributed by atoms with E-state index >= 15 is 0 Å². The van der Waals surface area contributed by atoms with Gasteiger partial charge in [0.1, 0.15) is 11.3 Å². The summed E-state index contributed by atoms with van der Waals surface area (Å²) in [7, 11) is -2.48. The number of hydrogen-bond donors (Lipinski definition) is 0. The van der Waals surface area contributed by atoms with Gasteiger partial charge >= 0.3 is 16.1 Å². The zero-order valence-corrected chi connectivity index (χ0v) is 11.8. The lowest BCUT2D eigenvalue weighted by Gasteiger charge is -2.10. The predicted octanol–water partition coefficient (Wildman–Crippen LogP) is 1.60. The molecule has 0 amide bonds. The molecule has 0 saturated heterocycles. The third-order valence-corrected chi connectivity index (χ3v) is 2.99. The predicted molar refractivity (Wildman–Crippen MR) is 72.6 cm³/mol. The van der Waals surface area contributed by atoms with Crippen LogP contribution in [0.25, 0.3) is 5.69 Å². The molecule has 2 aromatic rings. The Bertz CT molecular complexity index is 719. The van der Waals surface area contributed by atoms with Crippen molar-refractivity contribution in [2.45, 2.75) is 0 Å². The van der Waals surface area contributed by atoms with Crippen LogP contribution in [0.2, 0.25) is 0 Å². The number of benzene rings is 1. The molecule has 1 heterocycles. The van der Waals surface area contributed by atoms with E-state index in [4.69, 9.17) is 4.74 Å². The molecule has 7 heteroatoms. The highest BCUT2D eigenvalue weighted by molar-refractivity contribution is 7.86. The van der Waals surface area contributed by atoms with Crippen LogP contribution in [-0.4, -0.2) is 32.3 Å². The first-order valence-corrected chi connectivity index (χ1v) is 7.47. The Labute approximate surface area is 116 Å². The minimum atomic E-state index is -3.88. The van der Waals surface area contributed by atoms with Gasteiger partial charge in [-0.2, -0.15) is 8.42 Å². The van der Waals surface area contributed by atoms with E-state index in [0.29, 0.717) is 5.69 Å². The van der Waals surface area contributed by atoms with E-state index in [1.807, 2.05) is 12.1 Å². The zero-order chi connectivity index (χ0) is 14.8. The molecule has 0 bridgehead atoms. The topological polar surface area (TPSA) is 74.6 Å². The van der Waals surface area contributed by atoms with E-state index in [0.717, 1.165) is 6.26 Å². The molecule has 0 saturated carbocycles. The Morgan fingerprint density at radius 1 is 1.20 bits per heavy atom. The first-order chi connectivity index (χ1) is 9.40. The van der Waals surface area contributed by atoms with Crippen LogP contribution in [0.1, 0.15) is 10.4 Å². The summed E-state index contributed by atoms with van der Waals surface area (Å²) in [5.74, 6) is -0.729. The number of aromatic nitrogens is 1. The summed E-state index contributed by atoms with van der Waals surface area (Å²) in [5, 5.41) is 0. The lowest BCUT2D eigenvalue weighted by Crippen LogP contribution is -2.13. The Kier molecular flexibility index (Phi) is 3.80. The maximum Gasteiger partial charge on any atom is 0.357 e. The fourth-order valence-electron chi connectivity index (χ4n) is 1.71. The molecule has 0 atom stereocenters. The van der Waals surface area contributed by atoms with Gasteiger partial charge in [-0.1, -0.05) is 0 Å². The minimum Gasteiger partial charge on any atom is -0.496 e. The lowest BCUT2D eigenvalue weighted by molar-refractivity contribution is 0.0745. The largest absolute Gasteiger partial charge is 0.496 e. The van der Waals surface area contributed by atoms with Gasteiger partial charge in [-0.25, -0.2) is 4.79 Å². The van der Waals surface area contributed by atoms with Crippen molar-refractivity contribution in [3.05, 3.63) is 48.3 Å². The number of nitrogens with zero attached hydrogens (tertiary/aromatic N) is 1. The fourth-order valence-corrected chi connectivity index (χ4v) is 2.07. The smallest absolute Gasteiger partial charge is 0.357 e. The van der Waals surface area contributed by atoms with Crippen molar-refractivity contribution in [3.8, 4) is 11.4 Å². The summed E-state index contributed by atoms with van der Waals surface area (Å²) < 4.78 is 33.3. The first-order valence-electron chi connectivity index (χ1n) is 5.66. The SMILES string of the molecule is COc1ccc(-n2cccc2)cc1C(=O)OS(C)(=O)=O. The number of rotatable bonds is 4. The van der Waals surface area contributed by atoms with Gasteiger partial charge in [0.15, 0.2) is 0 Å². The second-order valence-corrected chi connectivity index (χ2v) is 5.62. The van der Waals surface area contributed by atoms with E-state index in [9.17, 15) is 13.2 Å². The molecule has 0 aliphatic rings. The molecule has 0 fully saturated rings. The number of hydrogen-bond acceptors (Lipinski definition) is 5. The summed E-state index contributed by atoms with van der Waals surface area (Å²) in [6.07, 6.45) is 4.41. The molecule has 106 valence electrons. The molecular weight excluding hydrogens is 282 g/mol. The van der Waals surface area contributed by atoms with E-state index in [2.05, 4.69) is 4.18 Å². The van der Waals surface area contributed by atoms with Crippen molar-refractivity contribution in [3.63, 3.8) is 0 Å². The van der Waals surface area contributed by atoms with E-state index < -0.39 is 16.1 Å². The molecule has 6 nitrogen and oxygen atoms in total. The molecule has 0 spiro atoms. The molecule has 0 N–H and O–H groups in total. The molecular formula is C13H13NO5S. The van der Waals surface area contributed by atoms with Crippen molar-refractivity contribution in [1.29, 1.82) is 0 Å². The number of carbonyl (C=O) groups excluding carboxylic acids is 1. The van der Waals surface area contributed by atoms with Gasteiger partial charge in [-0.15, -0.1) is 0 Å². The molecule has 2 rings (SSSR count). The summed E-state index contributed by atoms with van der Waals surface area (Å²) in [6.45, 7) is 0. The average molecular weight is 295 g/mol. The standard InChI is InChI=1S/C13H13NO5S/c1-18-12-6-5-10(14-7-3-4-8-14)9-11(12)13(15)19-20(2,16)17/h3-9H,1-2H3. The highest BCUT2D eigenvalue weighted by atomic mass is 32.2. The van der Waals surface area contributed by atoms with Crippen LogP contribution in [0.15, 0.2) is 42.7 Å². The summed E-state index contributed by atoms with van der Waals surface area (Å²) in [4.78, 5) is 11.9. The summed E-state index contributed by atoms with van der Waals surface area (Å²) in [6, 6.07) is 8.49. The molecule has 0 unspecified atom stereocenters. The van der Waals surface area contributed by atoms with Crippen molar-refractivity contribution >= 4 is 16.1 Å². The Hall–Kier alpha value is -2.28. The average Bonchev–Trinajstić information content (AvgIpc) is 2.89. The Morgan fingerprint density at radius 3 is 2.40 bits per heavy atom. The number of carbonyl (C=O) groups is 1. The fraction of sp³-hybridized carbons (Fsp3) is 0.154.